The van der Waals surface area contributed by atoms with Crippen molar-refractivity contribution in [3.63, 3.8) is 0 Å². The Bertz CT molecular complexity index is 1170. The minimum Gasteiger partial charge on any atom is -0.481 e. The van der Waals surface area contributed by atoms with Crippen molar-refractivity contribution in [1.82, 2.24) is 4.57 Å². The van der Waals surface area contributed by atoms with E-state index >= 15 is 0 Å². The summed E-state index contributed by atoms with van der Waals surface area (Å²) in [5, 5.41) is 36.9. The second-order valence-corrected chi connectivity index (χ2v) is 7.76. The largest absolute Gasteiger partial charge is 0.481 e. The van der Waals surface area contributed by atoms with Crippen molar-refractivity contribution < 1.29 is 39.0 Å². The number of fused-ring (bicyclic) bond motifs is 1. The van der Waals surface area contributed by atoms with Crippen LogP contribution in [0.1, 0.15) is 35.7 Å². The summed E-state index contributed by atoms with van der Waals surface area (Å²) in [4.78, 5) is 56.3. The standard InChI is InChI=1S/C17H13FN2O9S/c18-9-3-7-12(19(6-1-2-6)5-8(14(7)23)16(24)25)13(20(28)29)15(9)30-10(17(26)27)4-11(21)22/h3,5-6,10H,1-2,4H2,(H,21,22)(H,24,25)(H,26,27)/t10-/m0/s1. The number of carboxylic acids is 3. The Morgan fingerprint density at radius 3 is 2.40 bits per heavy atom. The average Bonchev–Trinajstić information content (AvgIpc) is 3.46. The zero-order chi connectivity index (χ0) is 22.3. The molecule has 3 rings (SSSR count). The number of aliphatic carboxylic acids is 2. The van der Waals surface area contributed by atoms with E-state index in [1.54, 1.807) is 0 Å². The summed E-state index contributed by atoms with van der Waals surface area (Å²) in [6.45, 7) is 0. The van der Waals surface area contributed by atoms with Gasteiger partial charge in [0, 0.05) is 12.2 Å². The van der Waals surface area contributed by atoms with Crippen LogP contribution in [0.2, 0.25) is 0 Å². The summed E-state index contributed by atoms with van der Waals surface area (Å²) in [7, 11) is 0. The van der Waals surface area contributed by atoms with Crippen LogP contribution in [0.25, 0.3) is 10.9 Å². The summed E-state index contributed by atoms with van der Waals surface area (Å²) >= 11 is 0.150. The smallest absolute Gasteiger partial charge is 0.341 e. The third-order valence-corrected chi connectivity index (χ3v) is 5.72. The fourth-order valence-electron chi connectivity index (χ4n) is 3.01. The molecule has 2 aromatic rings. The minimum absolute atomic E-state index is 0.150. The number of aromatic nitrogens is 1. The topological polar surface area (TPSA) is 177 Å². The van der Waals surface area contributed by atoms with Crippen molar-refractivity contribution in [3.8, 4) is 0 Å². The van der Waals surface area contributed by atoms with Crippen LogP contribution in [-0.4, -0.2) is 48.0 Å². The van der Waals surface area contributed by atoms with Gasteiger partial charge in [-0.3, -0.25) is 24.5 Å². The van der Waals surface area contributed by atoms with Gasteiger partial charge in [-0.05, 0) is 18.9 Å². The molecular formula is C17H13FN2O9S. The Morgan fingerprint density at radius 1 is 1.30 bits per heavy atom. The molecule has 0 radical (unpaired) electrons. The first kappa shape index (κ1) is 21.2. The lowest BCUT2D eigenvalue weighted by Crippen LogP contribution is -2.22. The van der Waals surface area contributed by atoms with Gasteiger partial charge in [0.2, 0.25) is 5.43 Å². The van der Waals surface area contributed by atoms with E-state index in [4.69, 9.17) is 5.11 Å². The number of halogens is 1. The maximum atomic E-state index is 14.8. The van der Waals surface area contributed by atoms with E-state index in [0.29, 0.717) is 18.9 Å². The van der Waals surface area contributed by atoms with Crippen molar-refractivity contribution in [2.45, 2.75) is 35.4 Å². The van der Waals surface area contributed by atoms with Crippen LogP contribution in [0.15, 0.2) is 22.0 Å². The van der Waals surface area contributed by atoms with Crippen molar-refractivity contribution in [1.29, 1.82) is 0 Å². The lowest BCUT2D eigenvalue weighted by atomic mass is 10.1. The number of carbonyl (C=O) groups is 3. The molecule has 13 heteroatoms. The fourth-order valence-corrected chi connectivity index (χ4v) is 4.07. The minimum atomic E-state index is -1.73. The Hall–Kier alpha value is -3.48. The molecule has 0 saturated heterocycles. The normalized spacial score (nSPS) is 14.4. The molecule has 1 heterocycles. The lowest BCUT2D eigenvalue weighted by Gasteiger charge is -2.16. The molecule has 0 aliphatic heterocycles. The number of pyridine rings is 1. The van der Waals surface area contributed by atoms with Gasteiger partial charge in [0.05, 0.1) is 16.7 Å². The maximum absolute atomic E-state index is 14.8. The summed E-state index contributed by atoms with van der Waals surface area (Å²) in [6, 6.07) is 0.278. The molecule has 30 heavy (non-hydrogen) atoms. The molecule has 1 aliphatic carbocycles. The van der Waals surface area contributed by atoms with E-state index in [2.05, 4.69) is 0 Å². The van der Waals surface area contributed by atoms with E-state index < -0.39 is 67.3 Å². The van der Waals surface area contributed by atoms with E-state index in [1.807, 2.05) is 0 Å². The number of nitro benzene ring substituents is 1. The number of aromatic carboxylic acids is 1. The Morgan fingerprint density at radius 2 is 1.93 bits per heavy atom. The summed E-state index contributed by atoms with van der Waals surface area (Å²) in [5.41, 5.74) is -3.04. The van der Waals surface area contributed by atoms with Gasteiger partial charge in [0.25, 0.3) is 0 Å². The van der Waals surface area contributed by atoms with Crippen LogP contribution >= 0.6 is 11.8 Å². The molecular weight excluding hydrogens is 427 g/mol. The van der Waals surface area contributed by atoms with Gasteiger partial charge in [-0.1, -0.05) is 0 Å². The molecule has 1 aromatic heterocycles. The molecule has 0 bridgehead atoms. The zero-order valence-corrected chi connectivity index (χ0v) is 15.7. The number of rotatable bonds is 8. The highest BCUT2D eigenvalue weighted by atomic mass is 32.2. The monoisotopic (exact) mass is 440 g/mol. The number of nitrogens with zero attached hydrogens (tertiary/aromatic N) is 2. The Kier molecular flexibility index (Phi) is 5.48. The molecule has 3 N–H and O–H groups in total. The first-order chi connectivity index (χ1) is 14.0. The number of benzene rings is 1. The van der Waals surface area contributed by atoms with Crippen LogP contribution in [0.5, 0.6) is 0 Å². The van der Waals surface area contributed by atoms with E-state index in [1.165, 1.54) is 4.57 Å². The van der Waals surface area contributed by atoms with Gasteiger partial charge in [-0.25, -0.2) is 9.18 Å². The molecule has 1 saturated carbocycles. The number of hydrogen-bond acceptors (Lipinski definition) is 7. The Balaban J connectivity index is 2.36. The van der Waals surface area contributed by atoms with Gasteiger partial charge in [0.15, 0.2) is 0 Å². The predicted molar refractivity (Wildman–Crippen MR) is 99.6 cm³/mol. The number of carboxylic acid groups (broad SMARTS) is 3. The van der Waals surface area contributed by atoms with Gasteiger partial charge in [0.1, 0.15) is 27.0 Å². The van der Waals surface area contributed by atoms with Crippen molar-refractivity contribution in [2.75, 3.05) is 0 Å². The highest BCUT2D eigenvalue weighted by Crippen LogP contribution is 2.44. The molecule has 11 nitrogen and oxygen atoms in total. The quantitative estimate of drug-likeness (QED) is 0.313. The van der Waals surface area contributed by atoms with Gasteiger partial charge < -0.3 is 19.9 Å². The SMILES string of the molecule is O=C(O)C[C@H](Sc1c(F)cc2c(=O)c(C(=O)O)cn(C3CC3)c2c1[N+](=O)[O-])C(=O)O. The van der Waals surface area contributed by atoms with Crippen molar-refractivity contribution in [2.24, 2.45) is 0 Å². The summed E-state index contributed by atoms with van der Waals surface area (Å²) < 4.78 is 16.0. The van der Waals surface area contributed by atoms with E-state index in [0.717, 1.165) is 6.20 Å². The second kappa shape index (κ2) is 7.74. The highest BCUT2D eigenvalue weighted by molar-refractivity contribution is 8.00. The first-order valence-electron chi connectivity index (χ1n) is 8.43. The molecule has 1 atom stereocenters. The third-order valence-electron chi connectivity index (χ3n) is 4.45. The van der Waals surface area contributed by atoms with Gasteiger partial charge >= 0.3 is 23.6 Å². The van der Waals surface area contributed by atoms with Crippen molar-refractivity contribution >= 4 is 46.3 Å². The first-order valence-corrected chi connectivity index (χ1v) is 9.31. The molecule has 0 amide bonds. The highest BCUT2D eigenvalue weighted by Gasteiger charge is 2.35. The second-order valence-electron chi connectivity index (χ2n) is 6.55. The Labute approximate surface area is 169 Å². The third kappa shape index (κ3) is 3.83. The predicted octanol–water partition coefficient (Wildman–Crippen LogP) is 2.10. The number of nitro groups is 1. The molecule has 1 fully saturated rings. The van der Waals surface area contributed by atoms with Crippen LogP contribution in [-0.2, 0) is 9.59 Å². The van der Waals surface area contributed by atoms with Gasteiger partial charge in [-0.2, -0.15) is 0 Å². The van der Waals surface area contributed by atoms with Crippen LogP contribution in [0, 0.1) is 15.9 Å². The summed E-state index contributed by atoms with van der Waals surface area (Å²) in [5.74, 6) is -6.01. The van der Waals surface area contributed by atoms with Crippen LogP contribution in [0.3, 0.4) is 0 Å². The van der Waals surface area contributed by atoms with Crippen LogP contribution in [0.4, 0.5) is 10.1 Å². The van der Waals surface area contributed by atoms with E-state index in [9.17, 15) is 43.9 Å². The van der Waals surface area contributed by atoms with Gasteiger partial charge in [-0.15, -0.1) is 11.8 Å². The number of thioether (sulfide) groups is 1. The zero-order valence-electron chi connectivity index (χ0n) is 14.9. The fraction of sp³-hybridized carbons (Fsp3) is 0.294. The van der Waals surface area contributed by atoms with Crippen molar-refractivity contribution in [3.05, 3.63) is 44.0 Å². The maximum Gasteiger partial charge on any atom is 0.341 e. The molecule has 1 aromatic carbocycles. The number of hydrogen-bond donors (Lipinski definition) is 3. The van der Waals surface area contributed by atoms with E-state index in [-0.39, 0.29) is 23.3 Å². The molecule has 0 unspecified atom stereocenters. The average molecular weight is 440 g/mol. The molecule has 1 aliphatic rings. The molecule has 158 valence electrons. The molecule has 0 spiro atoms. The summed E-state index contributed by atoms with van der Waals surface area (Å²) in [6.07, 6.45) is 1.12. The van der Waals surface area contributed by atoms with Crippen LogP contribution < -0.4 is 5.43 Å². The lowest BCUT2D eigenvalue weighted by molar-refractivity contribution is -0.386.